The van der Waals surface area contributed by atoms with Gasteiger partial charge >= 0.3 is 0 Å². The van der Waals surface area contributed by atoms with E-state index >= 15 is 0 Å². The highest BCUT2D eigenvalue weighted by molar-refractivity contribution is 6.30. The van der Waals surface area contributed by atoms with Gasteiger partial charge in [0.15, 0.2) is 17.1 Å². The van der Waals surface area contributed by atoms with Gasteiger partial charge in [-0.3, -0.25) is 14.6 Å². The van der Waals surface area contributed by atoms with Gasteiger partial charge in [0.2, 0.25) is 5.78 Å². The van der Waals surface area contributed by atoms with E-state index in [1.807, 2.05) is 0 Å². The molecule has 0 bridgehead atoms. The lowest BCUT2D eigenvalue weighted by Crippen LogP contribution is -2.14. The monoisotopic (exact) mass is 406 g/mol. The quantitative estimate of drug-likeness (QED) is 0.473. The second-order valence-corrected chi connectivity index (χ2v) is 6.61. The maximum Gasteiger partial charge on any atom is 0.255 e. The molecule has 0 atom stereocenters. The Hall–Kier alpha value is -3.64. The molecule has 144 valence electrons. The molecule has 2 aromatic carbocycles. The Balaban J connectivity index is 1.84. The fourth-order valence-electron chi connectivity index (χ4n) is 2.96. The van der Waals surface area contributed by atoms with Crippen LogP contribution in [0.4, 0.5) is 5.69 Å². The van der Waals surface area contributed by atoms with E-state index in [2.05, 4.69) is 10.3 Å². The van der Waals surface area contributed by atoms with E-state index in [0.29, 0.717) is 32.9 Å². The molecule has 29 heavy (non-hydrogen) atoms. The highest BCUT2D eigenvalue weighted by atomic mass is 35.5. The number of hydrogen-bond acceptors (Lipinski definition) is 5. The Bertz CT molecular complexity index is 1200. The molecule has 4 aromatic rings. The topological polar surface area (TPSA) is 81.4 Å². The van der Waals surface area contributed by atoms with Gasteiger partial charge in [0.05, 0.1) is 12.8 Å². The summed E-state index contributed by atoms with van der Waals surface area (Å²) in [7, 11) is 1.51. The van der Waals surface area contributed by atoms with Crippen LogP contribution in [0, 0.1) is 0 Å². The van der Waals surface area contributed by atoms with E-state index in [9.17, 15) is 9.59 Å². The lowest BCUT2D eigenvalue weighted by molar-refractivity contribution is 0.101. The average molecular weight is 407 g/mol. The number of fused-ring (bicyclic) bond motifs is 1. The van der Waals surface area contributed by atoms with Crippen molar-refractivity contribution in [3.63, 3.8) is 0 Å². The molecule has 4 rings (SSSR count). The van der Waals surface area contributed by atoms with Crippen molar-refractivity contribution >= 4 is 39.9 Å². The fraction of sp³-hybridized carbons (Fsp3) is 0.0455. The molecule has 0 fully saturated rings. The van der Waals surface area contributed by atoms with Gasteiger partial charge in [-0.1, -0.05) is 17.7 Å². The molecule has 6 nitrogen and oxygen atoms in total. The predicted molar refractivity (Wildman–Crippen MR) is 110 cm³/mol. The van der Waals surface area contributed by atoms with Gasteiger partial charge in [0.1, 0.15) is 0 Å². The summed E-state index contributed by atoms with van der Waals surface area (Å²) in [5, 5.41) is 3.87. The number of pyridine rings is 1. The number of carbonyl (C=O) groups excluding carboxylic acids is 2. The van der Waals surface area contributed by atoms with E-state index < -0.39 is 0 Å². The number of anilines is 1. The zero-order valence-corrected chi connectivity index (χ0v) is 16.1. The Kier molecular flexibility index (Phi) is 5.01. The maximum absolute atomic E-state index is 13.1. The van der Waals surface area contributed by atoms with E-state index in [1.54, 1.807) is 54.6 Å². The van der Waals surface area contributed by atoms with E-state index in [-0.39, 0.29) is 23.1 Å². The number of benzene rings is 2. The normalized spacial score (nSPS) is 10.7. The van der Waals surface area contributed by atoms with Gasteiger partial charge in [-0.05, 0) is 48.5 Å². The van der Waals surface area contributed by atoms with Crippen molar-refractivity contribution in [1.82, 2.24) is 4.98 Å². The number of methoxy groups -OCH3 is 1. The molecular weight excluding hydrogens is 392 g/mol. The smallest absolute Gasteiger partial charge is 0.255 e. The third-order valence-corrected chi connectivity index (χ3v) is 4.65. The molecule has 2 aromatic heterocycles. The molecule has 0 aliphatic carbocycles. The third kappa shape index (κ3) is 3.58. The number of rotatable bonds is 5. The first-order valence-electron chi connectivity index (χ1n) is 8.69. The summed E-state index contributed by atoms with van der Waals surface area (Å²) in [4.78, 5) is 29.8. The van der Waals surface area contributed by atoms with Crippen LogP contribution in [0.1, 0.15) is 26.5 Å². The molecule has 0 spiro atoms. The summed E-state index contributed by atoms with van der Waals surface area (Å²) in [5.41, 5.74) is 1.44. The number of para-hydroxylation sites is 1. The molecule has 1 amide bonds. The summed E-state index contributed by atoms with van der Waals surface area (Å²) >= 11 is 5.92. The van der Waals surface area contributed by atoms with Gasteiger partial charge < -0.3 is 14.5 Å². The average Bonchev–Trinajstić information content (AvgIpc) is 3.13. The number of furan rings is 1. The minimum Gasteiger partial charge on any atom is -0.493 e. The summed E-state index contributed by atoms with van der Waals surface area (Å²) < 4.78 is 11.2. The molecule has 1 N–H and O–H groups in total. The minimum absolute atomic E-state index is 0.00854. The lowest BCUT2D eigenvalue weighted by atomic mass is 10.1. The van der Waals surface area contributed by atoms with Crippen molar-refractivity contribution in [2.45, 2.75) is 0 Å². The van der Waals surface area contributed by atoms with Gasteiger partial charge in [-0.15, -0.1) is 0 Å². The number of carbonyl (C=O) groups is 2. The van der Waals surface area contributed by atoms with Crippen molar-refractivity contribution in [1.29, 1.82) is 0 Å². The highest BCUT2D eigenvalue weighted by Gasteiger charge is 2.25. The van der Waals surface area contributed by atoms with Gasteiger partial charge in [0, 0.05) is 33.9 Å². The van der Waals surface area contributed by atoms with Gasteiger partial charge in [0.25, 0.3) is 5.91 Å². The van der Waals surface area contributed by atoms with Crippen LogP contribution in [0.5, 0.6) is 5.75 Å². The van der Waals surface area contributed by atoms with Crippen LogP contribution in [0.25, 0.3) is 11.0 Å². The van der Waals surface area contributed by atoms with E-state index in [0.717, 1.165) is 0 Å². The molecule has 2 heterocycles. The number of nitrogens with zero attached hydrogens (tertiary/aromatic N) is 1. The number of halogens is 1. The zero-order valence-electron chi connectivity index (χ0n) is 15.3. The van der Waals surface area contributed by atoms with Crippen LogP contribution < -0.4 is 10.1 Å². The number of nitrogens with one attached hydrogen (secondary N) is 1. The highest BCUT2D eigenvalue weighted by Crippen LogP contribution is 2.37. The zero-order chi connectivity index (χ0) is 20.4. The summed E-state index contributed by atoms with van der Waals surface area (Å²) in [6.07, 6.45) is 3.04. The van der Waals surface area contributed by atoms with Crippen LogP contribution in [0.3, 0.4) is 0 Å². The summed E-state index contributed by atoms with van der Waals surface area (Å²) in [6.45, 7) is 0. The number of hydrogen-bond donors (Lipinski definition) is 1. The van der Waals surface area contributed by atoms with Gasteiger partial charge in [-0.25, -0.2) is 0 Å². The van der Waals surface area contributed by atoms with E-state index in [4.69, 9.17) is 20.8 Å². The van der Waals surface area contributed by atoms with E-state index in [1.165, 1.54) is 19.5 Å². The van der Waals surface area contributed by atoms with Crippen LogP contribution in [0.15, 0.2) is 71.4 Å². The summed E-state index contributed by atoms with van der Waals surface area (Å²) in [6, 6.07) is 14.8. The first-order valence-corrected chi connectivity index (χ1v) is 9.07. The Morgan fingerprint density at radius 1 is 1.00 bits per heavy atom. The van der Waals surface area contributed by atoms with Gasteiger partial charge in [-0.2, -0.15) is 0 Å². The standard InChI is InChI=1S/C22H15ClN2O4/c1-28-17-4-2-3-16-18(25-22(27)14-9-11-24-12-10-14)21(29-20(16)17)19(26)13-5-7-15(23)8-6-13/h2-12H,1H3,(H,25,27). The minimum atomic E-state index is -0.386. The molecular formula is C22H15ClN2O4. The molecule has 7 heteroatoms. The van der Waals surface area contributed by atoms with Crippen molar-refractivity contribution in [3.05, 3.63) is 88.9 Å². The molecule has 0 aliphatic heterocycles. The molecule has 0 saturated heterocycles. The largest absolute Gasteiger partial charge is 0.493 e. The Labute approximate surface area is 171 Å². The van der Waals surface area contributed by atoms with Crippen molar-refractivity contribution < 1.29 is 18.7 Å². The van der Waals surface area contributed by atoms with Crippen LogP contribution in [-0.4, -0.2) is 23.8 Å². The first-order chi connectivity index (χ1) is 14.1. The van der Waals surface area contributed by atoms with Crippen LogP contribution in [0.2, 0.25) is 5.02 Å². The second kappa shape index (κ2) is 7.77. The molecule has 0 radical (unpaired) electrons. The number of aromatic nitrogens is 1. The molecule has 0 unspecified atom stereocenters. The Morgan fingerprint density at radius 3 is 2.41 bits per heavy atom. The third-order valence-electron chi connectivity index (χ3n) is 4.39. The lowest BCUT2D eigenvalue weighted by Gasteiger charge is -2.06. The summed E-state index contributed by atoms with van der Waals surface area (Å²) in [5.74, 6) is -0.306. The maximum atomic E-state index is 13.1. The Morgan fingerprint density at radius 2 is 1.72 bits per heavy atom. The van der Waals surface area contributed by atoms with Crippen LogP contribution in [-0.2, 0) is 0 Å². The predicted octanol–water partition coefficient (Wildman–Crippen LogP) is 4.97. The van der Waals surface area contributed by atoms with Crippen LogP contribution >= 0.6 is 11.6 Å². The molecule has 0 saturated carbocycles. The fourth-order valence-corrected chi connectivity index (χ4v) is 3.09. The van der Waals surface area contributed by atoms with Crippen molar-refractivity contribution in [3.8, 4) is 5.75 Å². The van der Waals surface area contributed by atoms with Crippen molar-refractivity contribution in [2.75, 3.05) is 12.4 Å². The SMILES string of the molecule is COc1cccc2c(NC(=O)c3ccncc3)c(C(=O)c3ccc(Cl)cc3)oc12. The van der Waals surface area contributed by atoms with Crippen molar-refractivity contribution in [2.24, 2.45) is 0 Å². The number of ether oxygens (including phenoxy) is 1. The number of ketones is 1. The molecule has 0 aliphatic rings. The first kappa shape index (κ1) is 18.7. The second-order valence-electron chi connectivity index (χ2n) is 6.17. The number of amides is 1.